The van der Waals surface area contributed by atoms with Crippen molar-refractivity contribution in [2.24, 2.45) is 11.8 Å². The zero-order valence-electron chi connectivity index (χ0n) is 14.5. The molecule has 1 aliphatic heterocycles. The molecule has 1 fully saturated rings. The number of hydrogen-bond donors (Lipinski definition) is 1. The number of carboxylic acids is 1. The summed E-state index contributed by atoms with van der Waals surface area (Å²) in [5.74, 6) is -1.68. The molecule has 0 radical (unpaired) electrons. The molecule has 26 heavy (non-hydrogen) atoms. The molecule has 0 amide bonds. The second kappa shape index (κ2) is 7.02. The Morgan fingerprint density at radius 1 is 1.27 bits per heavy atom. The monoisotopic (exact) mass is 397 g/mol. The minimum atomic E-state index is -3.83. The number of aromatic nitrogens is 2. The minimum Gasteiger partial charge on any atom is -0.481 e. The number of hydrogen-bond acceptors (Lipinski definition) is 4. The lowest BCUT2D eigenvalue weighted by molar-refractivity contribution is -0.143. The zero-order valence-corrected chi connectivity index (χ0v) is 16.0. The third kappa shape index (κ3) is 3.49. The van der Waals surface area contributed by atoms with Crippen LogP contribution in [-0.2, 0) is 14.8 Å². The molecule has 1 aromatic heterocycles. The highest BCUT2D eigenvalue weighted by molar-refractivity contribution is 7.89. The highest BCUT2D eigenvalue weighted by Gasteiger charge is 2.37. The van der Waals surface area contributed by atoms with Crippen LogP contribution in [0.4, 0.5) is 0 Å². The maximum Gasteiger partial charge on any atom is 0.307 e. The van der Waals surface area contributed by atoms with Crippen molar-refractivity contribution in [2.75, 3.05) is 13.1 Å². The van der Waals surface area contributed by atoms with Crippen LogP contribution in [0.25, 0.3) is 5.69 Å². The molecule has 2 heterocycles. The molecule has 1 aliphatic rings. The van der Waals surface area contributed by atoms with Crippen molar-refractivity contribution in [1.29, 1.82) is 0 Å². The predicted octanol–water partition coefficient (Wildman–Crippen LogP) is 2.57. The van der Waals surface area contributed by atoms with E-state index in [1.807, 2.05) is 6.92 Å². The van der Waals surface area contributed by atoms with Crippen LogP contribution in [0.5, 0.6) is 0 Å². The molecule has 2 unspecified atom stereocenters. The summed E-state index contributed by atoms with van der Waals surface area (Å²) in [6.45, 7) is 3.82. The van der Waals surface area contributed by atoms with Gasteiger partial charge in [0.2, 0.25) is 10.0 Å². The van der Waals surface area contributed by atoms with Gasteiger partial charge in [-0.15, -0.1) is 0 Å². The van der Waals surface area contributed by atoms with Gasteiger partial charge < -0.3 is 5.11 Å². The number of carboxylic acid groups (broad SMARTS) is 1. The van der Waals surface area contributed by atoms with Crippen molar-refractivity contribution in [1.82, 2.24) is 14.1 Å². The van der Waals surface area contributed by atoms with Crippen molar-refractivity contribution in [3.8, 4) is 5.69 Å². The number of benzene rings is 1. The molecule has 2 atom stereocenters. The van der Waals surface area contributed by atoms with Gasteiger partial charge in [-0.05, 0) is 43.5 Å². The molecule has 1 N–H and O–H groups in total. The fourth-order valence-corrected chi connectivity index (χ4v) is 5.18. The van der Waals surface area contributed by atoms with E-state index < -0.39 is 21.9 Å². The summed E-state index contributed by atoms with van der Waals surface area (Å²) in [5, 5.41) is 14.1. The maximum absolute atomic E-state index is 13.1. The minimum absolute atomic E-state index is 0.0203. The van der Waals surface area contributed by atoms with Gasteiger partial charge in [0, 0.05) is 18.1 Å². The Labute approximate surface area is 157 Å². The number of piperidine rings is 1. The molecule has 1 aromatic carbocycles. The first-order valence-electron chi connectivity index (χ1n) is 8.23. The lowest BCUT2D eigenvalue weighted by Gasteiger charge is -2.33. The summed E-state index contributed by atoms with van der Waals surface area (Å²) in [6, 6.07) is 6.91. The summed E-state index contributed by atoms with van der Waals surface area (Å²) < 4.78 is 29.0. The number of aliphatic carboxylic acids is 1. The van der Waals surface area contributed by atoms with E-state index in [2.05, 4.69) is 5.10 Å². The van der Waals surface area contributed by atoms with Gasteiger partial charge >= 0.3 is 5.97 Å². The van der Waals surface area contributed by atoms with Crippen LogP contribution in [0, 0.1) is 18.8 Å². The maximum atomic E-state index is 13.1. The van der Waals surface area contributed by atoms with E-state index >= 15 is 0 Å². The van der Waals surface area contributed by atoms with E-state index in [1.165, 1.54) is 15.2 Å². The number of nitrogens with zero attached hydrogens (tertiary/aromatic N) is 3. The van der Waals surface area contributed by atoms with Crippen LogP contribution in [0.15, 0.2) is 35.4 Å². The normalized spacial score (nSPS) is 21.7. The molecule has 0 aliphatic carbocycles. The fraction of sp³-hybridized carbons (Fsp3) is 0.412. The number of sulfonamides is 1. The van der Waals surface area contributed by atoms with Gasteiger partial charge in [-0.1, -0.05) is 18.5 Å². The second-order valence-corrected chi connectivity index (χ2v) is 9.02. The SMILES string of the molecule is Cc1c(S(=O)(=O)N2CC(C)CC(C(=O)O)C2)cnn1-c1ccc(Cl)cc1. The third-order valence-corrected chi connectivity index (χ3v) is 6.82. The summed E-state index contributed by atoms with van der Waals surface area (Å²) in [6.07, 6.45) is 1.79. The standard InChI is InChI=1S/C17H20ClN3O4S/c1-11-7-13(17(22)23)10-20(9-11)26(24,25)16-8-19-21(12(16)2)15-5-3-14(18)4-6-15/h3-6,8,11,13H,7,9-10H2,1-2H3,(H,22,23). The number of rotatable bonds is 4. The Morgan fingerprint density at radius 2 is 1.92 bits per heavy atom. The van der Waals surface area contributed by atoms with Crippen LogP contribution in [0.1, 0.15) is 19.0 Å². The van der Waals surface area contributed by atoms with Crippen molar-refractivity contribution in [3.05, 3.63) is 41.2 Å². The first-order chi connectivity index (χ1) is 12.2. The molecule has 140 valence electrons. The van der Waals surface area contributed by atoms with E-state index in [9.17, 15) is 18.3 Å². The summed E-state index contributed by atoms with van der Waals surface area (Å²) in [5.41, 5.74) is 1.17. The van der Waals surface area contributed by atoms with Gasteiger partial charge in [-0.25, -0.2) is 13.1 Å². The Morgan fingerprint density at radius 3 is 2.54 bits per heavy atom. The van der Waals surface area contributed by atoms with Crippen LogP contribution in [0.2, 0.25) is 5.02 Å². The quantitative estimate of drug-likeness (QED) is 0.855. The number of halogens is 1. The molecular formula is C17H20ClN3O4S. The van der Waals surface area contributed by atoms with Gasteiger partial charge in [-0.3, -0.25) is 4.79 Å². The number of carbonyl (C=O) groups is 1. The predicted molar refractivity (Wildman–Crippen MR) is 97.0 cm³/mol. The Bertz CT molecular complexity index is 924. The van der Waals surface area contributed by atoms with E-state index in [1.54, 1.807) is 31.2 Å². The van der Waals surface area contributed by atoms with Crippen molar-refractivity contribution >= 4 is 27.6 Å². The highest BCUT2D eigenvalue weighted by atomic mass is 35.5. The van der Waals surface area contributed by atoms with E-state index in [4.69, 9.17) is 11.6 Å². The molecule has 1 saturated heterocycles. The summed E-state index contributed by atoms with van der Waals surface area (Å²) in [4.78, 5) is 11.4. The summed E-state index contributed by atoms with van der Waals surface area (Å²) >= 11 is 5.89. The molecule has 0 bridgehead atoms. The molecule has 3 rings (SSSR count). The third-order valence-electron chi connectivity index (χ3n) is 4.63. The van der Waals surface area contributed by atoms with Crippen LogP contribution < -0.4 is 0 Å². The van der Waals surface area contributed by atoms with Crippen molar-refractivity contribution in [3.63, 3.8) is 0 Å². The van der Waals surface area contributed by atoms with Crippen LogP contribution in [0.3, 0.4) is 0 Å². The molecule has 7 nitrogen and oxygen atoms in total. The molecular weight excluding hydrogens is 378 g/mol. The average molecular weight is 398 g/mol. The highest BCUT2D eigenvalue weighted by Crippen LogP contribution is 2.29. The van der Waals surface area contributed by atoms with E-state index in [0.717, 1.165) is 0 Å². The molecule has 0 spiro atoms. The first-order valence-corrected chi connectivity index (χ1v) is 10.1. The van der Waals surface area contributed by atoms with E-state index in [0.29, 0.717) is 29.4 Å². The molecule has 2 aromatic rings. The van der Waals surface area contributed by atoms with Crippen molar-refractivity contribution in [2.45, 2.75) is 25.2 Å². The lowest BCUT2D eigenvalue weighted by Crippen LogP contribution is -2.45. The fourth-order valence-electron chi connectivity index (χ4n) is 3.31. The van der Waals surface area contributed by atoms with Gasteiger partial charge in [0.15, 0.2) is 0 Å². The smallest absolute Gasteiger partial charge is 0.307 e. The first kappa shape index (κ1) is 18.9. The topological polar surface area (TPSA) is 92.5 Å². The Hall–Kier alpha value is -1.90. The Balaban J connectivity index is 1.95. The molecule has 9 heteroatoms. The van der Waals surface area contributed by atoms with Gasteiger partial charge in [0.1, 0.15) is 4.90 Å². The van der Waals surface area contributed by atoms with Crippen molar-refractivity contribution < 1.29 is 18.3 Å². The van der Waals surface area contributed by atoms with Gasteiger partial charge in [0.25, 0.3) is 0 Å². The van der Waals surface area contributed by atoms with Crippen LogP contribution in [-0.4, -0.2) is 46.7 Å². The van der Waals surface area contributed by atoms with Crippen LogP contribution >= 0.6 is 11.6 Å². The zero-order chi connectivity index (χ0) is 19.1. The van der Waals surface area contributed by atoms with E-state index in [-0.39, 0.29) is 17.4 Å². The molecule has 0 saturated carbocycles. The lowest BCUT2D eigenvalue weighted by atomic mass is 9.92. The Kier molecular flexibility index (Phi) is 5.09. The average Bonchev–Trinajstić information content (AvgIpc) is 2.97. The van der Waals surface area contributed by atoms with Gasteiger partial charge in [-0.2, -0.15) is 9.40 Å². The largest absolute Gasteiger partial charge is 0.481 e. The second-order valence-electron chi connectivity index (χ2n) is 6.68. The summed E-state index contributed by atoms with van der Waals surface area (Å²) in [7, 11) is -3.83. The van der Waals surface area contributed by atoms with Gasteiger partial charge in [0.05, 0.1) is 23.5 Å².